The van der Waals surface area contributed by atoms with Gasteiger partial charge in [-0.1, -0.05) is 11.5 Å². The maximum atomic E-state index is 12.2. The third kappa shape index (κ3) is 3.93. The van der Waals surface area contributed by atoms with Crippen LogP contribution in [0.2, 0.25) is 0 Å². The smallest absolute Gasteiger partial charge is 0.410 e. The first-order valence-corrected chi connectivity index (χ1v) is 7.64. The van der Waals surface area contributed by atoms with Crippen molar-refractivity contribution in [2.75, 3.05) is 24.5 Å². The van der Waals surface area contributed by atoms with Crippen molar-refractivity contribution in [2.24, 2.45) is 0 Å². The summed E-state index contributed by atoms with van der Waals surface area (Å²) in [7, 11) is 6.07. The predicted molar refractivity (Wildman–Crippen MR) is 89.0 cm³/mol. The highest BCUT2D eigenvalue weighted by Gasteiger charge is 2.31. The molecule has 1 aliphatic rings. The molecule has 1 atom stereocenters. The average molecular weight is 301 g/mol. The lowest BCUT2D eigenvalue weighted by molar-refractivity contribution is 0.0159. The monoisotopic (exact) mass is 301 g/mol. The Labute approximate surface area is 134 Å². The lowest BCUT2D eigenvalue weighted by atomic mass is 9.94. The van der Waals surface area contributed by atoms with Gasteiger partial charge in [0, 0.05) is 31.9 Å². The summed E-state index contributed by atoms with van der Waals surface area (Å²) in [5.74, 6) is 0.793. The molecule has 6 heteroatoms. The van der Waals surface area contributed by atoms with Crippen LogP contribution in [-0.4, -0.2) is 55.1 Å². The van der Waals surface area contributed by atoms with Gasteiger partial charge in [0.2, 0.25) is 0 Å². The van der Waals surface area contributed by atoms with Gasteiger partial charge in [0.25, 0.3) is 0 Å². The molecular weight excluding hydrogens is 277 g/mol. The van der Waals surface area contributed by atoms with Crippen molar-refractivity contribution in [3.63, 3.8) is 0 Å². The number of anilines is 1. The van der Waals surface area contributed by atoms with Crippen LogP contribution in [-0.2, 0) is 4.74 Å². The Morgan fingerprint density at radius 3 is 2.64 bits per heavy atom. The molecule has 1 aromatic heterocycles. The number of nitrogens with zero attached hydrogens (tertiary/aromatic N) is 3. The number of piperazine rings is 1. The number of carbonyl (C=O) groups is 1. The van der Waals surface area contributed by atoms with Crippen molar-refractivity contribution in [3.8, 4) is 0 Å². The zero-order chi connectivity index (χ0) is 16.5. The van der Waals surface area contributed by atoms with E-state index in [0.717, 1.165) is 11.4 Å². The zero-order valence-electron chi connectivity index (χ0n) is 14.1. The summed E-state index contributed by atoms with van der Waals surface area (Å²) in [6.07, 6.45) is 1.56. The van der Waals surface area contributed by atoms with Gasteiger partial charge >= 0.3 is 6.09 Å². The Kier molecular flexibility index (Phi) is 4.68. The number of ether oxygens (including phenoxy) is 1. The Morgan fingerprint density at radius 2 is 2.09 bits per heavy atom. The first kappa shape index (κ1) is 16.7. The van der Waals surface area contributed by atoms with Gasteiger partial charge in [0.15, 0.2) is 0 Å². The van der Waals surface area contributed by atoms with E-state index in [4.69, 9.17) is 12.6 Å². The van der Waals surface area contributed by atoms with Crippen molar-refractivity contribution in [1.82, 2.24) is 9.88 Å². The molecule has 0 spiro atoms. The van der Waals surface area contributed by atoms with E-state index < -0.39 is 5.60 Å². The maximum Gasteiger partial charge on any atom is 0.410 e. The SMILES string of the molecule is [B]c1cc(C)cnc1N1CCN(C(=O)OC(C)(C)C)[C@@H](C)C1. The van der Waals surface area contributed by atoms with Crippen LogP contribution in [0.5, 0.6) is 0 Å². The van der Waals surface area contributed by atoms with E-state index in [0.29, 0.717) is 25.1 Å². The summed E-state index contributed by atoms with van der Waals surface area (Å²) in [5.41, 5.74) is 1.25. The predicted octanol–water partition coefficient (Wildman–Crippen LogP) is 1.63. The summed E-state index contributed by atoms with van der Waals surface area (Å²) in [4.78, 5) is 20.6. The van der Waals surface area contributed by atoms with Crippen LogP contribution in [0.4, 0.5) is 10.6 Å². The van der Waals surface area contributed by atoms with Crippen LogP contribution in [0.15, 0.2) is 12.3 Å². The molecule has 0 saturated carbocycles. The van der Waals surface area contributed by atoms with Crippen LogP contribution < -0.4 is 10.4 Å². The van der Waals surface area contributed by atoms with Crippen molar-refractivity contribution >= 4 is 25.2 Å². The molecule has 0 bridgehead atoms. The minimum Gasteiger partial charge on any atom is -0.444 e. The van der Waals surface area contributed by atoms with Crippen molar-refractivity contribution in [3.05, 3.63) is 17.8 Å². The van der Waals surface area contributed by atoms with E-state index >= 15 is 0 Å². The quantitative estimate of drug-likeness (QED) is 0.740. The highest BCUT2D eigenvalue weighted by atomic mass is 16.6. The molecule has 1 aromatic rings. The number of aryl methyl sites for hydroxylation is 1. The van der Waals surface area contributed by atoms with E-state index in [-0.39, 0.29) is 12.1 Å². The fraction of sp³-hybridized carbons (Fsp3) is 0.625. The minimum absolute atomic E-state index is 0.0473. The lowest BCUT2D eigenvalue weighted by Crippen LogP contribution is -2.56. The molecule has 1 amide bonds. The molecule has 2 rings (SSSR count). The number of carbonyl (C=O) groups excluding carboxylic acids is 1. The Balaban J connectivity index is 2.05. The number of hydrogen-bond acceptors (Lipinski definition) is 4. The van der Waals surface area contributed by atoms with Gasteiger partial charge in [0.05, 0.1) is 0 Å². The van der Waals surface area contributed by atoms with E-state index in [9.17, 15) is 4.79 Å². The molecular formula is C16H24BN3O2. The van der Waals surface area contributed by atoms with Gasteiger partial charge in [-0.3, -0.25) is 0 Å². The third-order valence-electron chi connectivity index (χ3n) is 3.59. The number of hydrogen-bond donors (Lipinski definition) is 0. The molecule has 0 N–H and O–H groups in total. The summed E-state index contributed by atoms with van der Waals surface area (Å²) < 4.78 is 5.46. The minimum atomic E-state index is -0.475. The second-order valence-electron chi connectivity index (χ2n) is 6.89. The third-order valence-corrected chi connectivity index (χ3v) is 3.59. The van der Waals surface area contributed by atoms with Crippen LogP contribution >= 0.6 is 0 Å². The van der Waals surface area contributed by atoms with E-state index in [2.05, 4.69) is 9.88 Å². The number of rotatable bonds is 1. The van der Waals surface area contributed by atoms with Gasteiger partial charge in [-0.2, -0.15) is 0 Å². The fourth-order valence-corrected chi connectivity index (χ4v) is 2.59. The molecule has 1 aliphatic heterocycles. The fourth-order valence-electron chi connectivity index (χ4n) is 2.59. The molecule has 2 heterocycles. The number of aromatic nitrogens is 1. The van der Waals surface area contributed by atoms with Gasteiger partial charge in [-0.15, -0.1) is 0 Å². The Morgan fingerprint density at radius 1 is 1.41 bits per heavy atom. The normalized spacial score (nSPS) is 19.2. The van der Waals surface area contributed by atoms with Gasteiger partial charge < -0.3 is 14.5 Å². The number of amides is 1. The molecule has 1 fully saturated rings. The summed E-state index contributed by atoms with van der Waals surface area (Å²) in [6, 6.07) is 1.97. The molecule has 118 valence electrons. The summed E-state index contributed by atoms with van der Waals surface area (Å²) >= 11 is 0. The van der Waals surface area contributed by atoms with Crippen molar-refractivity contribution in [1.29, 1.82) is 0 Å². The van der Waals surface area contributed by atoms with E-state index in [1.807, 2.05) is 46.9 Å². The summed E-state index contributed by atoms with van der Waals surface area (Å²) in [6.45, 7) is 11.6. The van der Waals surface area contributed by atoms with E-state index in [1.165, 1.54) is 0 Å². The van der Waals surface area contributed by atoms with Gasteiger partial charge in [-0.25, -0.2) is 9.78 Å². The average Bonchev–Trinajstić information content (AvgIpc) is 2.36. The highest BCUT2D eigenvalue weighted by molar-refractivity contribution is 6.35. The van der Waals surface area contributed by atoms with Crippen molar-refractivity contribution < 1.29 is 9.53 Å². The maximum absolute atomic E-state index is 12.2. The van der Waals surface area contributed by atoms with Crippen LogP contribution in [0.3, 0.4) is 0 Å². The van der Waals surface area contributed by atoms with Gasteiger partial charge in [-0.05, 0) is 40.2 Å². The molecule has 1 saturated heterocycles. The summed E-state index contributed by atoms with van der Waals surface area (Å²) in [5, 5.41) is 0. The molecule has 0 unspecified atom stereocenters. The van der Waals surface area contributed by atoms with Crippen molar-refractivity contribution in [2.45, 2.75) is 46.3 Å². The Bertz CT molecular complexity index is 557. The Hall–Kier alpha value is -1.72. The molecule has 0 aliphatic carbocycles. The topological polar surface area (TPSA) is 45.7 Å². The van der Waals surface area contributed by atoms with E-state index in [1.54, 1.807) is 4.90 Å². The van der Waals surface area contributed by atoms with Crippen LogP contribution in [0, 0.1) is 6.92 Å². The molecule has 2 radical (unpaired) electrons. The van der Waals surface area contributed by atoms with Crippen LogP contribution in [0.25, 0.3) is 0 Å². The molecule has 5 nitrogen and oxygen atoms in total. The largest absolute Gasteiger partial charge is 0.444 e. The number of pyridine rings is 1. The lowest BCUT2D eigenvalue weighted by Gasteiger charge is -2.41. The second-order valence-corrected chi connectivity index (χ2v) is 6.89. The molecule has 22 heavy (non-hydrogen) atoms. The highest BCUT2D eigenvalue weighted by Crippen LogP contribution is 2.18. The molecule has 0 aromatic carbocycles. The first-order valence-electron chi connectivity index (χ1n) is 7.64. The standard InChI is InChI=1S/C16H24BN3O2/c1-11-8-13(17)14(18-9-11)19-6-7-20(12(2)10-19)15(21)22-16(3,4)5/h8-9,12H,6-7,10H2,1-5H3/t12-/m0/s1. The first-order chi connectivity index (χ1) is 10.2. The second kappa shape index (κ2) is 6.19. The zero-order valence-corrected chi connectivity index (χ0v) is 14.1. The van der Waals surface area contributed by atoms with Crippen LogP contribution in [0.1, 0.15) is 33.3 Å². The van der Waals surface area contributed by atoms with Gasteiger partial charge in [0.1, 0.15) is 19.3 Å².